The lowest BCUT2D eigenvalue weighted by Gasteiger charge is -2.46. The number of nitrogens with zero attached hydrogens (tertiary/aromatic N) is 1. The van der Waals surface area contributed by atoms with E-state index in [2.05, 4.69) is 48.6 Å². The second-order valence-corrected chi connectivity index (χ2v) is 8.84. The van der Waals surface area contributed by atoms with Gasteiger partial charge in [-0.3, -0.25) is 4.98 Å². The molecule has 1 N–H and O–H groups in total. The summed E-state index contributed by atoms with van der Waals surface area (Å²) >= 11 is 0. The Morgan fingerprint density at radius 2 is 1.82 bits per heavy atom. The van der Waals surface area contributed by atoms with Gasteiger partial charge in [-0.2, -0.15) is 0 Å². The lowest BCUT2D eigenvalue weighted by Crippen LogP contribution is -2.47. The molecule has 2 heterocycles. The highest BCUT2D eigenvalue weighted by atomic mass is 16.5. The minimum Gasteiger partial charge on any atom is -0.375 e. The first-order chi connectivity index (χ1) is 13.7. The summed E-state index contributed by atoms with van der Waals surface area (Å²) in [4.78, 5) is 4.80. The smallest absolute Gasteiger partial charge is 0.0691 e. The Labute approximate surface area is 169 Å². The van der Waals surface area contributed by atoms with Gasteiger partial charge in [0.2, 0.25) is 0 Å². The summed E-state index contributed by atoms with van der Waals surface area (Å²) in [5.74, 6) is 0. The quantitative estimate of drug-likeness (QED) is 0.691. The van der Waals surface area contributed by atoms with E-state index in [-0.39, 0.29) is 11.0 Å². The van der Waals surface area contributed by atoms with Crippen LogP contribution in [0.1, 0.15) is 61.8 Å². The van der Waals surface area contributed by atoms with E-state index < -0.39 is 0 Å². The van der Waals surface area contributed by atoms with Gasteiger partial charge >= 0.3 is 0 Å². The fourth-order valence-corrected chi connectivity index (χ4v) is 5.36. The zero-order chi connectivity index (χ0) is 19.3. The molecule has 1 aromatic heterocycles. The molecule has 3 heteroatoms. The Balaban J connectivity index is 1.40. The van der Waals surface area contributed by atoms with E-state index in [1.807, 2.05) is 12.3 Å². The summed E-state index contributed by atoms with van der Waals surface area (Å²) in [5.41, 5.74) is 4.37. The highest BCUT2D eigenvalue weighted by Crippen LogP contribution is 2.49. The van der Waals surface area contributed by atoms with Gasteiger partial charge in [-0.1, -0.05) is 43.2 Å². The molecule has 1 saturated heterocycles. The number of hydrogen-bond donors (Lipinski definition) is 1. The van der Waals surface area contributed by atoms with Crippen molar-refractivity contribution in [3.8, 4) is 0 Å². The van der Waals surface area contributed by atoms with Crippen LogP contribution in [-0.2, 0) is 16.6 Å². The maximum Gasteiger partial charge on any atom is 0.0691 e. The van der Waals surface area contributed by atoms with E-state index in [0.29, 0.717) is 0 Å². The molecule has 1 aliphatic carbocycles. The molecule has 1 aliphatic heterocycles. The molecular weight excluding hydrogens is 344 g/mol. The zero-order valence-corrected chi connectivity index (χ0v) is 17.3. The lowest BCUT2D eigenvalue weighted by atomic mass is 9.68. The van der Waals surface area contributed by atoms with Gasteiger partial charge in [0.1, 0.15) is 0 Å². The van der Waals surface area contributed by atoms with Crippen molar-refractivity contribution < 1.29 is 4.74 Å². The minimum absolute atomic E-state index is 0.108. The molecule has 2 aromatic rings. The molecule has 150 valence electrons. The molecule has 3 nitrogen and oxygen atoms in total. The van der Waals surface area contributed by atoms with E-state index in [4.69, 9.17) is 9.72 Å². The summed E-state index contributed by atoms with van der Waals surface area (Å²) in [6.45, 7) is 5.15. The van der Waals surface area contributed by atoms with Crippen LogP contribution in [0.25, 0.3) is 0 Å². The Morgan fingerprint density at radius 3 is 2.61 bits per heavy atom. The van der Waals surface area contributed by atoms with Crippen LogP contribution in [0, 0.1) is 6.92 Å². The van der Waals surface area contributed by atoms with Crippen LogP contribution in [0.2, 0.25) is 0 Å². The van der Waals surface area contributed by atoms with Gasteiger partial charge < -0.3 is 10.1 Å². The first kappa shape index (κ1) is 19.6. The Morgan fingerprint density at radius 1 is 1.00 bits per heavy atom. The number of aromatic nitrogens is 1. The van der Waals surface area contributed by atoms with Crippen LogP contribution in [0.4, 0.5) is 0 Å². The number of ether oxygens (including phenoxy) is 1. The first-order valence-corrected chi connectivity index (χ1v) is 11.0. The van der Waals surface area contributed by atoms with Crippen molar-refractivity contribution >= 4 is 0 Å². The summed E-state index contributed by atoms with van der Waals surface area (Å²) in [5, 5.41) is 3.71. The van der Waals surface area contributed by atoms with Crippen LogP contribution in [0.3, 0.4) is 0 Å². The number of rotatable bonds is 7. The van der Waals surface area contributed by atoms with Gasteiger partial charge in [-0.05, 0) is 81.8 Å². The van der Waals surface area contributed by atoms with Crippen LogP contribution in [0.15, 0.2) is 48.7 Å². The first-order valence-electron chi connectivity index (χ1n) is 11.0. The Kier molecular flexibility index (Phi) is 6.13. The van der Waals surface area contributed by atoms with Crippen molar-refractivity contribution in [2.24, 2.45) is 0 Å². The molecule has 0 amide bonds. The van der Waals surface area contributed by atoms with Crippen LogP contribution in [0.5, 0.6) is 0 Å². The zero-order valence-electron chi connectivity index (χ0n) is 17.3. The SMILES string of the molecule is Cc1ccccc1CCNCC[C@@]1(c2ccccn2)CCOC2(CCCC2)C1. The van der Waals surface area contributed by atoms with E-state index in [1.54, 1.807) is 0 Å². The van der Waals surface area contributed by atoms with E-state index in [1.165, 1.54) is 42.5 Å². The summed E-state index contributed by atoms with van der Waals surface area (Å²) < 4.78 is 6.35. The van der Waals surface area contributed by atoms with Gasteiger partial charge in [0.25, 0.3) is 0 Å². The molecular formula is C25H34N2O. The predicted molar refractivity (Wildman–Crippen MR) is 115 cm³/mol. The highest BCUT2D eigenvalue weighted by Gasteiger charge is 2.48. The predicted octanol–water partition coefficient (Wildman–Crippen LogP) is 4.97. The van der Waals surface area contributed by atoms with E-state index in [0.717, 1.165) is 45.4 Å². The van der Waals surface area contributed by atoms with Gasteiger partial charge in [-0.25, -0.2) is 0 Å². The number of nitrogens with one attached hydrogen (secondary N) is 1. The summed E-state index contributed by atoms with van der Waals surface area (Å²) in [7, 11) is 0. The minimum atomic E-state index is 0.108. The lowest BCUT2D eigenvalue weighted by molar-refractivity contribution is -0.104. The average Bonchev–Trinajstić information content (AvgIpc) is 3.17. The van der Waals surface area contributed by atoms with Gasteiger partial charge in [-0.15, -0.1) is 0 Å². The van der Waals surface area contributed by atoms with E-state index in [9.17, 15) is 0 Å². The number of pyridine rings is 1. The molecule has 1 aromatic carbocycles. The monoisotopic (exact) mass is 378 g/mol. The number of benzene rings is 1. The maximum absolute atomic E-state index is 6.35. The standard InChI is InChI=1S/C25H34N2O/c1-21-8-2-3-9-22(21)11-17-26-18-14-24(23-10-4-7-16-27-23)15-19-28-25(20-24)12-5-6-13-25/h2-4,7-10,16,26H,5-6,11-15,17-20H2,1H3/t24-/m1/s1. The van der Waals surface area contributed by atoms with Crippen molar-refractivity contribution in [3.05, 3.63) is 65.5 Å². The molecule has 4 rings (SSSR count). The average molecular weight is 379 g/mol. The second-order valence-electron chi connectivity index (χ2n) is 8.84. The Bertz CT molecular complexity index is 754. The largest absolute Gasteiger partial charge is 0.375 e. The third kappa shape index (κ3) is 4.31. The second kappa shape index (κ2) is 8.75. The summed E-state index contributed by atoms with van der Waals surface area (Å²) in [6, 6.07) is 15.1. The molecule has 0 radical (unpaired) electrons. The molecule has 1 atom stereocenters. The third-order valence-electron chi connectivity index (χ3n) is 6.99. The van der Waals surface area contributed by atoms with Gasteiger partial charge in [0, 0.05) is 23.9 Å². The van der Waals surface area contributed by atoms with Crippen LogP contribution in [-0.4, -0.2) is 30.3 Å². The number of hydrogen-bond acceptors (Lipinski definition) is 3. The molecule has 0 unspecified atom stereocenters. The van der Waals surface area contributed by atoms with Crippen LogP contribution < -0.4 is 5.32 Å². The van der Waals surface area contributed by atoms with Gasteiger partial charge in [0.05, 0.1) is 5.60 Å². The summed E-state index contributed by atoms with van der Waals surface area (Å²) in [6.07, 6.45) is 11.5. The molecule has 1 spiro atoms. The maximum atomic E-state index is 6.35. The fraction of sp³-hybridized carbons (Fsp3) is 0.560. The van der Waals surface area contributed by atoms with Crippen molar-refractivity contribution in [2.45, 2.75) is 69.3 Å². The molecule has 2 fully saturated rings. The fourth-order valence-electron chi connectivity index (χ4n) is 5.36. The highest BCUT2D eigenvalue weighted by molar-refractivity contribution is 5.25. The van der Waals surface area contributed by atoms with E-state index >= 15 is 0 Å². The third-order valence-corrected chi connectivity index (χ3v) is 6.99. The van der Waals surface area contributed by atoms with Gasteiger partial charge in [0.15, 0.2) is 0 Å². The Hall–Kier alpha value is -1.71. The molecule has 0 bridgehead atoms. The van der Waals surface area contributed by atoms with Crippen LogP contribution >= 0.6 is 0 Å². The molecule has 1 saturated carbocycles. The van der Waals surface area contributed by atoms with Crippen molar-refractivity contribution in [1.82, 2.24) is 10.3 Å². The van der Waals surface area contributed by atoms with Crippen molar-refractivity contribution in [3.63, 3.8) is 0 Å². The normalized spacial score (nSPS) is 23.9. The topological polar surface area (TPSA) is 34.2 Å². The number of aryl methyl sites for hydroxylation is 1. The van der Waals surface area contributed by atoms with Crippen molar-refractivity contribution in [1.29, 1.82) is 0 Å². The molecule has 2 aliphatic rings. The van der Waals surface area contributed by atoms with Crippen molar-refractivity contribution in [2.75, 3.05) is 19.7 Å². The molecule has 28 heavy (non-hydrogen) atoms.